The lowest BCUT2D eigenvalue weighted by atomic mass is 10.1. The molecule has 1 rings (SSSR count). The van der Waals surface area contributed by atoms with Crippen molar-refractivity contribution >= 4 is 12.6 Å². The fourth-order valence-corrected chi connectivity index (χ4v) is 0.928. The van der Waals surface area contributed by atoms with Gasteiger partial charge in [0.15, 0.2) is 0 Å². The zero-order valence-corrected chi connectivity index (χ0v) is 7.73. The minimum absolute atomic E-state index is 0.0918. The molecule has 1 aromatic rings. The van der Waals surface area contributed by atoms with Crippen molar-refractivity contribution in [3.8, 4) is 0 Å². The van der Waals surface area contributed by atoms with Gasteiger partial charge < -0.3 is 0 Å². The quantitative estimate of drug-likeness (QED) is 0.699. The van der Waals surface area contributed by atoms with Crippen LogP contribution in [-0.4, -0.2) is 11.2 Å². The number of hydrogen-bond donors (Lipinski definition) is 1. The summed E-state index contributed by atoms with van der Waals surface area (Å²) in [6, 6.07) is 4.37. The Morgan fingerprint density at radius 1 is 1.31 bits per heavy atom. The molecule has 0 aliphatic rings. The van der Waals surface area contributed by atoms with Crippen LogP contribution in [0.1, 0.15) is 12.6 Å². The average Bonchev–Trinajstić information content (AvgIpc) is 2.04. The number of pyridine rings is 1. The molecule has 13 heavy (non-hydrogen) atoms. The average molecular weight is 207 g/mol. The monoisotopic (exact) mass is 207 g/mol. The molecule has 1 atom stereocenters. The molecule has 0 amide bonds. The Morgan fingerprint density at radius 2 is 1.92 bits per heavy atom. The van der Waals surface area contributed by atoms with Crippen LogP contribution in [0, 0.1) is 0 Å². The van der Waals surface area contributed by atoms with Gasteiger partial charge in [-0.1, -0.05) is 6.07 Å². The summed E-state index contributed by atoms with van der Waals surface area (Å²) in [6.07, 6.45) is -3.08. The number of halogens is 3. The second kappa shape index (κ2) is 3.21. The first-order valence-electron chi connectivity index (χ1n) is 3.56. The number of alkyl halides is 3. The van der Waals surface area contributed by atoms with Crippen molar-refractivity contribution in [1.29, 1.82) is 0 Å². The molecule has 5 heteroatoms. The lowest BCUT2D eigenvalue weighted by Crippen LogP contribution is -2.34. The van der Waals surface area contributed by atoms with Crippen LogP contribution in [0.15, 0.2) is 24.4 Å². The van der Waals surface area contributed by atoms with Gasteiger partial charge in [-0.3, -0.25) is 4.98 Å². The molecule has 1 nitrogen and oxygen atoms in total. The number of nitrogens with zero attached hydrogens (tertiary/aromatic N) is 1. The minimum atomic E-state index is -4.40. The molecular formula is C8H8F3NS. The SMILES string of the molecule is CC(S)(c1ccccn1)C(F)(F)F. The van der Waals surface area contributed by atoms with Crippen LogP contribution in [0.4, 0.5) is 13.2 Å². The van der Waals surface area contributed by atoms with Gasteiger partial charge in [0, 0.05) is 6.20 Å². The van der Waals surface area contributed by atoms with E-state index in [0.717, 1.165) is 6.92 Å². The largest absolute Gasteiger partial charge is 0.408 e. The maximum atomic E-state index is 12.4. The van der Waals surface area contributed by atoms with Crippen LogP contribution in [0.3, 0.4) is 0 Å². The topological polar surface area (TPSA) is 12.9 Å². The Hall–Kier alpha value is -0.710. The molecule has 1 heterocycles. The zero-order chi connectivity index (χ0) is 10.1. The van der Waals surface area contributed by atoms with E-state index in [2.05, 4.69) is 17.6 Å². The van der Waals surface area contributed by atoms with E-state index in [1.807, 2.05) is 0 Å². The number of hydrogen-bond acceptors (Lipinski definition) is 2. The van der Waals surface area contributed by atoms with Gasteiger partial charge in [-0.25, -0.2) is 0 Å². The molecule has 0 saturated heterocycles. The van der Waals surface area contributed by atoms with Crippen LogP contribution in [0.5, 0.6) is 0 Å². The third-order valence-electron chi connectivity index (χ3n) is 1.72. The third-order valence-corrected chi connectivity index (χ3v) is 2.20. The Labute approximate surface area is 79.4 Å². The maximum Gasteiger partial charge on any atom is 0.408 e. The molecule has 0 fully saturated rings. The highest BCUT2D eigenvalue weighted by atomic mass is 32.1. The van der Waals surface area contributed by atoms with Crippen molar-refractivity contribution in [2.24, 2.45) is 0 Å². The van der Waals surface area contributed by atoms with E-state index < -0.39 is 10.9 Å². The maximum absolute atomic E-state index is 12.4. The van der Waals surface area contributed by atoms with Crippen LogP contribution in [0.25, 0.3) is 0 Å². The van der Waals surface area contributed by atoms with E-state index in [9.17, 15) is 13.2 Å². The minimum Gasteiger partial charge on any atom is -0.259 e. The fraction of sp³-hybridized carbons (Fsp3) is 0.375. The van der Waals surface area contributed by atoms with Crippen LogP contribution < -0.4 is 0 Å². The van der Waals surface area contributed by atoms with Gasteiger partial charge in [-0.05, 0) is 19.1 Å². The standard InChI is InChI=1S/C8H8F3NS/c1-7(13,8(9,10)11)6-4-2-3-5-12-6/h2-5,13H,1H3. The number of aromatic nitrogens is 1. The van der Waals surface area contributed by atoms with Gasteiger partial charge in [0.2, 0.25) is 0 Å². The Kier molecular flexibility index (Phi) is 2.56. The summed E-state index contributed by atoms with van der Waals surface area (Å²) in [5.41, 5.74) is -0.0918. The lowest BCUT2D eigenvalue weighted by molar-refractivity contribution is -0.157. The van der Waals surface area contributed by atoms with E-state index in [0.29, 0.717) is 0 Å². The number of thiol groups is 1. The smallest absolute Gasteiger partial charge is 0.259 e. The van der Waals surface area contributed by atoms with Gasteiger partial charge in [0.05, 0.1) is 5.69 Å². The summed E-state index contributed by atoms with van der Waals surface area (Å²) in [5, 5.41) is 0. The van der Waals surface area contributed by atoms with Crippen molar-refractivity contribution in [2.45, 2.75) is 17.8 Å². The van der Waals surface area contributed by atoms with E-state index in [-0.39, 0.29) is 5.69 Å². The van der Waals surface area contributed by atoms with Crippen molar-refractivity contribution in [3.63, 3.8) is 0 Å². The molecule has 72 valence electrons. The molecule has 0 aliphatic heterocycles. The van der Waals surface area contributed by atoms with E-state index in [4.69, 9.17) is 0 Å². The zero-order valence-electron chi connectivity index (χ0n) is 6.84. The summed E-state index contributed by atoms with van der Waals surface area (Å²) in [4.78, 5) is 3.62. The van der Waals surface area contributed by atoms with Crippen molar-refractivity contribution < 1.29 is 13.2 Å². The molecule has 1 aromatic heterocycles. The molecule has 0 spiro atoms. The highest BCUT2D eigenvalue weighted by Gasteiger charge is 2.50. The predicted molar refractivity (Wildman–Crippen MR) is 46.6 cm³/mol. The van der Waals surface area contributed by atoms with E-state index in [1.165, 1.54) is 18.3 Å². The highest BCUT2D eigenvalue weighted by molar-refractivity contribution is 7.81. The second-order valence-electron chi connectivity index (χ2n) is 2.78. The van der Waals surface area contributed by atoms with Crippen molar-refractivity contribution in [1.82, 2.24) is 4.98 Å². The fourth-order valence-electron chi connectivity index (χ4n) is 0.796. The number of rotatable bonds is 1. The second-order valence-corrected chi connectivity index (χ2v) is 3.68. The summed E-state index contributed by atoms with van der Waals surface area (Å²) in [7, 11) is 0. The third kappa shape index (κ3) is 1.96. The van der Waals surface area contributed by atoms with Gasteiger partial charge in [0.1, 0.15) is 4.75 Å². The van der Waals surface area contributed by atoms with E-state index >= 15 is 0 Å². The normalized spacial score (nSPS) is 16.7. The Balaban J connectivity index is 3.08. The summed E-state index contributed by atoms with van der Waals surface area (Å²) >= 11 is 3.57. The van der Waals surface area contributed by atoms with Gasteiger partial charge in [-0.15, -0.1) is 0 Å². The molecule has 0 aromatic carbocycles. The predicted octanol–water partition coefficient (Wildman–Crippen LogP) is 2.79. The molecule has 1 unspecified atom stereocenters. The molecular weight excluding hydrogens is 199 g/mol. The van der Waals surface area contributed by atoms with Crippen LogP contribution in [0.2, 0.25) is 0 Å². The van der Waals surface area contributed by atoms with E-state index in [1.54, 1.807) is 6.07 Å². The molecule has 0 saturated carbocycles. The molecule has 0 bridgehead atoms. The molecule has 0 aliphatic carbocycles. The Morgan fingerprint density at radius 3 is 2.31 bits per heavy atom. The molecule has 0 radical (unpaired) electrons. The van der Waals surface area contributed by atoms with Crippen LogP contribution >= 0.6 is 12.6 Å². The lowest BCUT2D eigenvalue weighted by Gasteiger charge is -2.25. The van der Waals surface area contributed by atoms with Crippen molar-refractivity contribution in [2.75, 3.05) is 0 Å². The molecule has 0 N–H and O–H groups in total. The highest BCUT2D eigenvalue weighted by Crippen LogP contribution is 2.42. The summed E-state index contributed by atoms with van der Waals surface area (Å²) < 4.78 is 35.0. The van der Waals surface area contributed by atoms with Crippen molar-refractivity contribution in [3.05, 3.63) is 30.1 Å². The van der Waals surface area contributed by atoms with Crippen LogP contribution in [-0.2, 0) is 4.75 Å². The summed E-state index contributed by atoms with van der Waals surface area (Å²) in [6.45, 7) is 0.985. The summed E-state index contributed by atoms with van der Waals surface area (Å²) in [5.74, 6) is 0. The van der Waals surface area contributed by atoms with Gasteiger partial charge >= 0.3 is 6.18 Å². The Bertz CT molecular complexity index is 281. The first kappa shape index (κ1) is 10.4. The van der Waals surface area contributed by atoms with Gasteiger partial charge in [0.25, 0.3) is 0 Å². The first-order valence-corrected chi connectivity index (χ1v) is 4.01. The van der Waals surface area contributed by atoms with Gasteiger partial charge in [-0.2, -0.15) is 25.8 Å². The first-order chi connectivity index (χ1) is 5.86.